The van der Waals surface area contributed by atoms with Crippen molar-refractivity contribution >= 4 is 41.3 Å². The zero-order chi connectivity index (χ0) is 30.7. The Hall–Kier alpha value is -3.16. The number of aliphatic hydroxyl groups is 1. The Morgan fingerprint density at radius 1 is 1.00 bits per heavy atom. The predicted octanol–water partition coefficient (Wildman–Crippen LogP) is -0.723. The number of nitrogens with two attached hydrogens (primary N) is 2. The summed E-state index contributed by atoms with van der Waals surface area (Å²) in [5.41, 5.74) is 12.2. The molecule has 0 radical (unpaired) electrons. The maximum absolute atomic E-state index is 13.4. The van der Waals surface area contributed by atoms with Crippen LogP contribution < -0.4 is 27.4 Å². The van der Waals surface area contributed by atoms with Gasteiger partial charge in [0.2, 0.25) is 29.5 Å². The number of hydrogen-bond donors (Lipinski definition) is 6. The summed E-state index contributed by atoms with van der Waals surface area (Å²) in [6, 6.07) is 3.92. The number of thioether (sulfide) groups is 1. The van der Waals surface area contributed by atoms with Crippen LogP contribution in [0.5, 0.6) is 0 Å². The molecule has 2 rings (SSSR count). The predicted molar refractivity (Wildman–Crippen MR) is 157 cm³/mol. The van der Waals surface area contributed by atoms with Crippen LogP contribution in [-0.4, -0.2) is 94.4 Å². The fourth-order valence-electron chi connectivity index (χ4n) is 4.57. The Morgan fingerprint density at radius 3 is 2.20 bits per heavy atom. The Bertz CT molecular complexity index is 1060. The lowest BCUT2D eigenvalue weighted by Gasteiger charge is -2.30. The molecular weight excluding hydrogens is 548 g/mol. The van der Waals surface area contributed by atoms with E-state index in [9.17, 15) is 29.1 Å². The molecule has 13 heteroatoms. The van der Waals surface area contributed by atoms with E-state index in [1.807, 2.05) is 12.3 Å². The topological polar surface area (TPSA) is 197 Å². The minimum absolute atomic E-state index is 0.121. The van der Waals surface area contributed by atoms with Gasteiger partial charge in [0.1, 0.15) is 24.2 Å². The number of hydrogen-bond acceptors (Lipinski definition) is 8. The normalized spacial score (nSPS) is 18.6. The number of nitrogens with one attached hydrogen (secondary N) is 3. The van der Waals surface area contributed by atoms with Gasteiger partial charge in [-0.1, -0.05) is 44.2 Å². The van der Waals surface area contributed by atoms with Gasteiger partial charge in [0.05, 0.1) is 12.1 Å². The van der Waals surface area contributed by atoms with Gasteiger partial charge in [-0.25, -0.2) is 0 Å². The third-order valence-corrected chi connectivity index (χ3v) is 7.73. The molecule has 0 aromatic heterocycles. The molecule has 0 spiro atoms. The lowest BCUT2D eigenvalue weighted by molar-refractivity contribution is -0.141. The minimum Gasteiger partial charge on any atom is -0.391 e. The van der Waals surface area contributed by atoms with Crippen molar-refractivity contribution in [3.05, 3.63) is 35.9 Å². The summed E-state index contributed by atoms with van der Waals surface area (Å²) in [4.78, 5) is 66.1. The van der Waals surface area contributed by atoms with Gasteiger partial charge in [0.15, 0.2) is 0 Å². The lowest BCUT2D eigenvalue weighted by Crippen LogP contribution is -2.61. The number of carbonyl (C=O) groups is 5. The van der Waals surface area contributed by atoms with Crippen LogP contribution in [-0.2, 0) is 30.4 Å². The SMILES string of the molecule is CSCC[C@H](NC(=O)[C@@H](NC(=O)[C@H](Cc1ccccc1)NC(=O)[C@@H](N)C(C)C)[C@@H](C)O)C(=O)N1CCC[C@H]1C(N)=O. The Balaban J connectivity index is 2.23. The third-order valence-electron chi connectivity index (χ3n) is 7.09. The van der Waals surface area contributed by atoms with Crippen LogP contribution in [0, 0.1) is 5.92 Å². The maximum Gasteiger partial charge on any atom is 0.245 e. The maximum atomic E-state index is 13.4. The first kappa shape index (κ1) is 34.0. The molecule has 1 heterocycles. The summed E-state index contributed by atoms with van der Waals surface area (Å²) in [5, 5.41) is 18.3. The van der Waals surface area contributed by atoms with Crippen LogP contribution in [0.15, 0.2) is 30.3 Å². The van der Waals surface area contributed by atoms with Crippen LogP contribution in [0.1, 0.15) is 45.6 Å². The van der Waals surface area contributed by atoms with E-state index < -0.39 is 65.8 Å². The Morgan fingerprint density at radius 2 is 1.63 bits per heavy atom. The molecule has 1 aromatic rings. The van der Waals surface area contributed by atoms with Crippen molar-refractivity contribution in [2.24, 2.45) is 17.4 Å². The van der Waals surface area contributed by atoms with Gasteiger partial charge in [0, 0.05) is 13.0 Å². The number of aliphatic hydroxyl groups excluding tert-OH is 1. The van der Waals surface area contributed by atoms with Gasteiger partial charge in [-0.2, -0.15) is 11.8 Å². The smallest absolute Gasteiger partial charge is 0.245 e. The average molecular weight is 593 g/mol. The first-order valence-corrected chi connectivity index (χ1v) is 15.2. The van der Waals surface area contributed by atoms with E-state index in [4.69, 9.17) is 11.5 Å². The second kappa shape index (κ2) is 16.3. The number of carbonyl (C=O) groups excluding carboxylic acids is 5. The molecule has 0 unspecified atom stereocenters. The monoisotopic (exact) mass is 592 g/mol. The van der Waals surface area contributed by atoms with Gasteiger partial charge in [-0.15, -0.1) is 0 Å². The van der Waals surface area contributed by atoms with Crippen LogP contribution in [0.4, 0.5) is 0 Å². The standard InChI is InChI=1S/C28H44N6O6S/c1-16(2)22(29)26(38)32-20(15-18-9-6-5-7-10-18)25(37)33-23(17(3)35)27(39)31-19(12-14-41-4)28(40)34-13-8-11-21(34)24(30)36/h5-7,9-10,16-17,19-23,35H,8,11-15,29H2,1-4H3,(H2,30,36)(H,31,39)(H,32,38)(H,33,37)/t17-,19+,20+,21+,22+,23+/m1/s1. The van der Waals surface area contributed by atoms with E-state index in [0.29, 0.717) is 25.1 Å². The highest BCUT2D eigenvalue weighted by molar-refractivity contribution is 7.98. The zero-order valence-corrected chi connectivity index (χ0v) is 25.0. The van der Waals surface area contributed by atoms with Crippen molar-refractivity contribution < 1.29 is 29.1 Å². The molecule has 8 N–H and O–H groups in total. The highest BCUT2D eigenvalue weighted by Gasteiger charge is 2.38. The molecule has 5 amide bonds. The molecule has 1 fully saturated rings. The largest absolute Gasteiger partial charge is 0.391 e. The van der Waals surface area contributed by atoms with Crippen molar-refractivity contribution in [2.45, 2.75) is 82.8 Å². The van der Waals surface area contributed by atoms with Crippen molar-refractivity contribution in [1.29, 1.82) is 0 Å². The molecule has 1 saturated heterocycles. The molecule has 0 bridgehead atoms. The van der Waals surface area contributed by atoms with Crippen molar-refractivity contribution in [3.63, 3.8) is 0 Å². The van der Waals surface area contributed by atoms with Crippen molar-refractivity contribution in [3.8, 4) is 0 Å². The van der Waals surface area contributed by atoms with E-state index in [2.05, 4.69) is 16.0 Å². The summed E-state index contributed by atoms with van der Waals surface area (Å²) in [5.74, 6) is -2.67. The first-order valence-electron chi connectivity index (χ1n) is 13.8. The number of likely N-dealkylation sites (tertiary alicyclic amines) is 1. The highest BCUT2D eigenvalue weighted by atomic mass is 32.2. The number of amides is 5. The molecule has 12 nitrogen and oxygen atoms in total. The summed E-state index contributed by atoms with van der Waals surface area (Å²) in [6.45, 7) is 5.25. The molecule has 1 aliphatic rings. The molecule has 0 aliphatic carbocycles. The van der Waals surface area contributed by atoms with Gasteiger partial charge in [-0.3, -0.25) is 24.0 Å². The third kappa shape index (κ3) is 10.0. The Labute approximate surface area is 245 Å². The fraction of sp³-hybridized carbons (Fsp3) is 0.607. The Kier molecular flexibility index (Phi) is 13.6. The van der Waals surface area contributed by atoms with Crippen LogP contribution in [0.2, 0.25) is 0 Å². The van der Waals surface area contributed by atoms with Crippen LogP contribution >= 0.6 is 11.8 Å². The van der Waals surface area contributed by atoms with Gasteiger partial charge in [0.25, 0.3) is 0 Å². The van der Waals surface area contributed by atoms with E-state index in [-0.39, 0.29) is 18.8 Å². The second-order valence-corrected chi connectivity index (χ2v) is 11.7. The van der Waals surface area contributed by atoms with E-state index in [1.165, 1.54) is 23.6 Å². The molecule has 1 aliphatic heterocycles. The van der Waals surface area contributed by atoms with Crippen LogP contribution in [0.25, 0.3) is 0 Å². The van der Waals surface area contributed by atoms with Gasteiger partial charge in [-0.05, 0) is 49.7 Å². The molecule has 1 aromatic carbocycles. The first-order chi connectivity index (χ1) is 19.4. The fourth-order valence-corrected chi connectivity index (χ4v) is 5.04. The van der Waals surface area contributed by atoms with Crippen molar-refractivity contribution in [1.82, 2.24) is 20.9 Å². The van der Waals surface area contributed by atoms with E-state index in [1.54, 1.807) is 38.1 Å². The number of benzene rings is 1. The van der Waals surface area contributed by atoms with Crippen molar-refractivity contribution in [2.75, 3.05) is 18.6 Å². The summed E-state index contributed by atoms with van der Waals surface area (Å²) in [6.07, 6.45) is 1.99. The molecule has 41 heavy (non-hydrogen) atoms. The van der Waals surface area contributed by atoms with Crippen LogP contribution in [0.3, 0.4) is 0 Å². The zero-order valence-electron chi connectivity index (χ0n) is 24.2. The van der Waals surface area contributed by atoms with E-state index >= 15 is 0 Å². The summed E-state index contributed by atoms with van der Waals surface area (Å²) >= 11 is 1.48. The van der Waals surface area contributed by atoms with E-state index in [0.717, 1.165) is 5.56 Å². The quantitative estimate of drug-likeness (QED) is 0.153. The minimum atomic E-state index is -1.42. The van der Waals surface area contributed by atoms with Gasteiger partial charge < -0.3 is 37.4 Å². The average Bonchev–Trinajstić information content (AvgIpc) is 3.43. The highest BCUT2D eigenvalue weighted by Crippen LogP contribution is 2.19. The molecular formula is C28H44N6O6S. The number of primary amides is 1. The summed E-state index contributed by atoms with van der Waals surface area (Å²) < 4.78 is 0. The molecule has 6 atom stereocenters. The molecule has 228 valence electrons. The lowest BCUT2D eigenvalue weighted by atomic mass is 10.0. The van der Waals surface area contributed by atoms with Gasteiger partial charge >= 0.3 is 0 Å². The molecule has 0 saturated carbocycles. The number of rotatable bonds is 15. The number of nitrogens with zero attached hydrogens (tertiary/aromatic N) is 1. The second-order valence-electron chi connectivity index (χ2n) is 10.7. The summed E-state index contributed by atoms with van der Waals surface area (Å²) in [7, 11) is 0.